The van der Waals surface area contributed by atoms with Crippen LogP contribution < -0.4 is 4.72 Å². The van der Waals surface area contributed by atoms with Crippen LogP contribution in [0, 0.1) is 6.92 Å². The fraction of sp³-hybridized carbons (Fsp3) is 0.538. The molecule has 0 aromatic heterocycles. The summed E-state index contributed by atoms with van der Waals surface area (Å²) in [6, 6.07) is 0.714. The highest BCUT2D eigenvalue weighted by Gasteiger charge is 2.39. The Kier molecular flexibility index (Phi) is 7.56. The van der Waals surface area contributed by atoms with Crippen LogP contribution in [0.25, 0.3) is 0 Å². The summed E-state index contributed by atoms with van der Waals surface area (Å²) >= 11 is 0. The smallest absolute Gasteiger partial charge is 0.237 e. The first-order valence-electron chi connectivity index (χ1n) is 6.35. The van der Waals surface area contributed by atoms with Gasteiger partial charge in [-0.2, -0.15) is 26.3 Å². The molecule has 0 radical (unpaired) electrons. The molecule has 0 fully saturated rings. The van der Waals surface area contributed by atoms with Crippen LogP contribution >= 0.6 is 0 Å². The molecule has 0 amide bonds. The van der Waals surface area contributed by atoms with E-state index >= 15 is 0 Å². The van der Waals surface area contributed by atoms with Gasteiger partial charge in [-0.05, 0) is 26.0 Å². The van der Waals surface area contributed by atoms with Gasteiger partial charge in [-0.15, -0.1) is 0 Å². The Morgan fingerprint density at radius 3 is 2.00 bits per heavy atom. The van der Waals surface area contributed by atoms with Gasteiger partial charge >= 0.3 is 12.4 Å². The molecule has 0 bridgehead atoms. The van der Waals surface area contributed by atoms with Crippen molar-refractivity contribution < 1.29 is 30.6 Å². The molecule has 0 spiro atoms. The van der Waals surface area contributed by atoms with Crippen LogP contribution in [0.3, 0.4) is 0 Å². The van der Waals surface area contributed by atoms with Crippen LogP contribution in [0.5, 0.6) is 0 Å². The van der Waals surface area contributed by atoms with E-state index < -0.39 is 39.8 Å². The van der Waals surface area contributed by atoms with Crippen molar-refractivity contribution >= 4 is 11.0 Å². The van der Waals surface area contributed by atoms with E-state index in [4.69, 9.17) is 0 Å². The summed E-state index contributed by atoms with van der Waals surface area (Å²) in [6.07, 6.45) is -9.49. The number of alkyl halides is 6. The van der Waals surface area contributed by atoms with Crippen LogP contribution in [0.4, 0.5) is 26.3 Å². The largest absolute Gasteiger partial charge is 0.417 e. The third kappa shape index (κ3) is 5.96. The van der Waals surface area contributed by atoms with Crippen LogP contribution in [-0.4, -0.2) is 16.4 Å². The predicted octanol–water partition coefficient (Wildman–Crippen LogP) is 4.60. The summed E-state index contributed by atoms with van der Waals surface area (Å²) < 4.78 is 88.5. The second kappa shape index (κ2) is 7.96. The molecular formula is C13H17F6NOS. The highest BCUT2D eigenvalue weighted by Crippen LogP contribution is 2.34. The number of hydrogen-bond acceptors (Lipinski definition) is 1. The van der Waals surface area contributed by atoms with E-state index in [1.165, 1.54) is 13.0 Å². The first kappa shape index (κ1) is 20.9. The zero-order chi connectivity index (χ0) is 17.7. The maximum absolute atomic E-state index is 12.8. The minimum Gasteiger partial charge on any atom is -0.237 e. The standard InChI is InChI=1S/C11H11F6NOS.C2H6/c1-6-3-4-9(8(5-6)11(15,16)17)20(19)18-7(2)10(12,13)14;1-2/h3-5,7,18H,1-2H3;1-2H3. The summed E-state index contributed by atoms with van der Waals surface area (Å²) in [5, 5.41) is 0. The van der Waals surface area contributed by atoms with Gasteiger partial charge in [0.1, 0.15) is 17.0 Å². The third-order valence-electron chi connectivity index (χ3n) is 2.42. The highest BCUT2D eigenvalue weighted by atomic mass is 32.2. The monoisotopic (exact) mass is 349 g/mol. The minimum absolute atomic E-state index is 0.266. The van der Waals surface area contributed by atoms with Crippen molar-refractivity contribution in [2.75, 3.05) is 0 Å². The Balaban J connectivity index is 0.00000211. The lowest BCUT2D eigenvalue weighted by atomic mass is 10.1. The average molecular weight is 349 g/mol. The van der Waals surface area contributed by atoms with Crippen LogP contribution in [-0.2, 0) is 17.2 Å². The topological polar surface area (TPSA) is 29.1 Å². The molecule has 2 atom stereocenters. The lowest BCUT2D eigenvalue weighted by molar-refractivity contribution is -0.146. The van der Waals surface area contributed by atoms with Gasteiger partial charge in [0.05, 0.1) is 10.5 Å². The molecule has 9 heteroatoms. The molecule has 22 heavy (non-hydrogen) atoms. The van der Waals surface area contributed by atoms with Crippen molar-refractivity contribution in [3.8, 4) is 0 Å². The summed E-state index contributed by atoms with van der Waals surface area (Å²) in [7, 11) is -2.62. The summed E-state index contributed by atoms with van der Waals surface area (Å²) in [6.45, 7) is 6.08. The van der Waals surface area contributed by atoms with Gasteiger partial charge in [0.2, 0.25) is 0 Å². The molecule has 0 aliphatic rings. The summed E-state index contributed by atoms with van der Waals surface area (Å²) in [4.78, 5) is -0.723. The molecule has 0 heterocycles. The second-order valence-corrected chi connectivity index (χ2v) is 5.36. The van der Waals surface area contributed by atoms with Gasteiger partial charge in [-0.3, -0.25) is 0 Å². The van der Waals surface area contributed by atoms with E-state index in [1.807, 2.05) is 13.8 Å². The zero-order valence-corrected chi connectivity index (χ0v) is 13.2. The zero-order valence-electron chi connectivity index (χ0n) is 12.4. The Bertz CT molecular complexity index is 512. The van der Waals surface area contributed by atoms with Crippen LogP contribution in [0.15, 0.2) is 23.1 Å². The van der Waals surface area contributed by atoms with Gasteiger partial charge < -0.3 is 0 Å². The van der Waals surface area contributed by atoms with Crippen molar-refractivity contribution in [3.63, 3.8) is 0 Å². The molecular weight excluding hydrogens is 332 g/mol. The van der Waals surface area contributed by atoms with Crippen molar-refractivity contribution in [2.45, 2.75) is 51.0 Å². The van der Waals surface area contributed by atoms with Crippen molar-refractivity contribution in [1.29, 1.82) is 0 Å². The fourth-order valence-corrected chi connectivity index (χ4v) is 2.47. The average Bonchev–Trinajstić information content (AvgIpc) is 2.38. The summed E-state index contributed by atoms with van der Waals surface area (Å²) in [5.74, 6) is 0. The van der Waals surface area contributed by atoms with Gasteiger partial charge in [0, 0.05) is 0 Å². The molecule has 0 aliphatic heterocycles. The number of rotatable bonds is 3. The number of aryl methyl sites for hydroxylation is 1. The number of nitrogens with one attached hydrogen (secondary N) is 1. The van der Waals surface area contributed by atoms with E-state index in [0.29, 0.717) is 6.92 Å². The molecule has 1 aromatic rings. The maximum Gasteiger partial charge on any atom is 0.417 e. The number of benzene rings is 1. The van der Waals surface area contributed by atoms with E-state index in [9.17, 15) is 30.6 Å². The fourth-order valence-electron chi connectivity index (χ4n) is 1.32. The lowest BCUT2D eigenvalue weighted by Crippen LogP contribution is -2.40. The Labute approximate surface area is 127 Å². The molecule has 0 aliphatic carbocycles. The third-order valence-corrected chi connectivity index (χ3v) is 3.74. The molecule has 128 valence electrons. The number of halogens is 6. The quantitative estimate of drug-likeness (QED) is 0.794. The van der Waals surface area contributed by atoms with E-state index in [2.05, 4.69) is 0 Å². The van der Waals surface area contributed by atoms with Crippen molar-refractivity contribution in [2.24, 2.45) is 0 Å². The molecule has 0 saturated heterocycles. The van der Waals surface area contributed by atoms with E-state index in [-0.39, 0.29) is 5.56 Å². The van der Waals surface area contributed by atoms with E-state index in [0.717, 1.165) is 12.1 Å². The summed E-state index contributed by atoms with van der Waals surface area (Å²) in [5.41, 5.74) is -0.945. The van der Waals surface area contributed by atoms with Gasteiger partial charge in [0.25, 0.3) is 0 Å². The SMILES string of the molecule is CC.Cc1ccc(S(=O)NC(C)C(F)(F)F)c(C(F)(F)F)c1. The Morgan fingerprint density at radius 2 is 1.59 bits per heavy atom. The van der Waals surface area contributed by atoms with E-state index in [1.54, 1.807) is 4.72 Å². The first-order valence-corrected chi connectivity index (χ1v) is 7.50. The van der Waals surface area contributed by atoms with Crippen molar-refractivity contribution in [1.82, 2.24) is 4.72 Å². The van der Waals surface area contributed by atoms with Gasteiger partial charge in [-0.25, -0.2) is 8.93 Å². The molecule has 1 aromatic carbocycles. The normalized spacial score (nSPS) is 14.8. The molecule has 0 saturated carbocycles. The minimum atomic E-state index is -4.79. The Morgan fingerprint density at radius 1 is 1.09 bits per heavy atom. The number of hydrogen-bond donors (Lipinski definition) is 1. The van der Waals surface area contributed by atoms with Crippen LogP contribution in [0.1, 0.15) is 31.9 Å². The molecule has 2 unspecified atom stereocenters. The van der Waals surface area contributed by atoms with Crippen molar-refractivity contribution in [3.05, 3.63) is 29.3 Å². The van der Waals surface area contributed by atoms with Gasteiger partial charge in [0.15, 0.2) is 0 Å². The lowest BCUT2D eigenvalue weighted by Gasteiger charge is -2.18. The molecule has 2 nitrogen and oxygen atoms in total. The predicted molar refractivity (Wildman–Crippen MR) is 72.6 cm³/mol. The van der Waals surface area contributed by atoms with Gasteiger partial charge in [-0.1, -0.05) is 25.5 Å². The van der Waals surface area contributed by atoms with Crippen LogP contribution in [0.2, 0.25) is 0 Å². The Hall–Kier alpha value is -1.09. The molecule has 1 rings (SSSR count). The second-order valence-electron chi connectivity index (χ2n) is 4.15. The molecule has 1 N–H and O–H groups in total. The highest BCUT2D eigenvalue weighted by molar-refractivity contribution is 7.83. The maximum atomic E-state index is 12.8. The first-order chi connectivity index (χ1) is 9.93.